The molecule has 9 nitrogen and oxygen atoms in total. The minimum Gasteiger partial charge on any atom is -0.490 e. The molecule has 5 aromatic rings. The number of hydrogen-bond acceptors (Lipinski definition) is 5. The minimum atomic E-state index is -0.284. The number of amides is 2. The van der Waals surface area contributed by atoms with Crippen LogP contribution in [0, 0.1) is 6.92 Å². The molecule has 2 aromatic carbocycles. The summed E-state index contributed by atoms with van der Waals surface area (Å²) in [5.41, 5.74) is 4.54. The van der Waals surface area contributed by atoms with Crippen molar-refractivity contribution in [3.05, 3.63) is 109 Å². The summed E-state index contributed by atoms with van der Waals surface area (Å²) in [4.78, 5) is 17.6. The average Bonchev–Trinajstić information content (AvgIpc) is 3.67. The van der Waals surface area contributed by atoms with Gasteiger partial charge in [0.25, 0.3) is 0 Å². The first-order chi connectivity index (χ1) is 19.5. The topological polar surface area (TPSA) is 98.9 Å². The normalized spacial score (nSPS) is 18.4. The summed E-state index contributed by atoms with van der Waals surface area (Å²) < 4.78 is 9.79. The first-order valence-corrected chi connectivity index (χ1v) is 13.4. The van der Waals surface area contributed by atoms with Gasteiger partial charge in [-0.05, 0) is 43.2 Å². The van der Waals surface area contributed by atoms with Crippen molar-refractivity contribution in [3.8, 4) is 22.7 Å². The Morgan fingerprint density at radius 3 is 2.40 bits per heavy atom. The average molecular weight is 534 g/mol. The van der Waals surface area contributed by atoms with E-state index in [1.54, 1.807) is 28.0 Å². The van der Waals surface area contributed by atoms with Crippen LogP contribution in [0.1, 0.15) is 29.9 Å². The molecule has 40 heavy (non-hydrogen) atoms. The second-order valence-corrected chi connectivity index (χ2v) is 10.1. The van der Waals surface area contributed by atoms with Gasteiger partial charge < -0.3 is 10.1 Å². The third-order valence-electron chi connectivity index (χ3n) is 7.35. The SMILES string of the molecule is Cc1c(-c2cnn(C)c2)nn(-c2ccccc2)c1NC(=O)N[C@@H]1C[C@@H](Oc2ccncc2)C[C@H]1c1ccccc1. The number of nitrogens with one attached hydrogen (secondary N) is 2. The van der Waals surface area contributed by atoms with Crippen LogP contribution in [-0.2, 0) is 7.05 Å². The number of ether oxygens (including phenoxy) is 1. The predicted molar refractivity (Wildman–Crippen MR) is 154 cm³/mol. The van der Waals surface area contributed by atoms with Crippen molar-refractivity contribution in [3.63, 3.8) is 0 Å². The molecular formula is C31H31N7O2. The Morgan fingerprint density at radius 1 is 0.975 bits per heavy atom. The lowest BCUT2D eigenvalue weighted by molar-refractivity contribution is 0.204. The lowest BCUT2D eigenvalue weighted by Gasteiger charge is -2.21. The van der Waals surface area contributed by atoms with Crippen LogP contribution >= 0.6 is 0 Å². The van der Waals surface area contributed by atoms with Crippen LogP contribution in [0.25, 0.3) is 16.9 Å². The molecule has 1 aliphatic carbocycles. The molecule has 9 heteroatoms. The third-order valence-corrected chi connectivity index (χ3v) is 7.35. The standard InChI is InChI=1S/C31H31N7O2/c1-21-29(23-19-33-37(2)20-23)36-38(24-11-7-4-8-12-24)30(21)35-31(39)34-28-18-26(40-25-13-15-32-16-14-25)17-27(28)22-9-5-3-6-10-22/h3-16,19-20,26-28H,17-18H2,1-2H3,(H2,34,35,39)/t26-,27-,28+/m0/s1. The molecule has 0 radical (unpaired) electrons. The van der Waals surface area contributed by atoms with Crippen molar-refractivity contribution >= 4 is 11.8 Å². The molecule has 1 aliphatic rings. The smallest absolute Gasteiger partial charge is 0.320 e. The van der Waals surface area contributed by atoms with E-state index in [9.17, 15) is 4.79 Å². The minimum absolute atomic E-state index is 0.0355. The Kier molecular flexibility index (Phi) is 7.01. The van der Waals surface area contributed by atoms with Crippen molar-refractivity contribution in [2.75, 3.05) is 5.32 Å². The molecule has 0 bridgehead atoms. The molecule has 3 aromatic heterocycles. The van der Waals surface area contributed by atoms with Gasteiger partial charge in [0.2, 0.25) is 0 Å². The molecule has 2 amide bonds. The molecule has 1 fully saturated rings. The van der Waals surface area contributed by atoms with E-state index in [2.05, 4.69) is 32.8 Å². The summed E-state index contributed by atoms with van der Waals surface area (Å²) in [6.07, 6.45) is 8.59. The number of anilines is 1. The number of hydrogen-bond donors (Lipinski definition) is 2. The van der Waals surface area contributed by atoms with Gasteiger partial charge in [0, 0.05) is 55.1 Å². The highest BCUT2D eigenvalue weighted by molar-refractivity contribution is 5.91. The highest BCUT2D eigenvalue weighted by Crippen LogP contribution is 2.37. The van der Waals surface area contributed by atoms with Crippen LogP contribution in [0.2, 0.25) is 0 Å². The van der Waals surface area contributed by atoms with Gasteiger partial charge in [-0.1, -0.05) is 48.5 Å². The van der Waals surface area contributed by atoms with E-state index >= 15 is 0 Å². The zero-order valence-electron chi connectivity index (χ0n) is 22.4. The predicted octanol–water partition coefficient (Wildman–Crippen LogP) is 5.49. The second-order valence-electron chi connectivity index (χ2n) is 10.1. The monoisotopic (exact) mass is 533 g/mol. The van der Waals surface area contributed by atoms with Crippen molar-refractivity contribution in [2.24, 2.45) is 7.05 Å². The van der Waals surface area contributed by atoms with Crippen molar-refractivity contribution in [1.29, 1.82) is 0 Å². The van der Waals surface area contributed by atoms with E-state index in [0.29, 0.717) is 12.2 Å². The van der Waals surface area contributed by atoms with E-state index in [4.69, 9.17) is 9.84 Å². The van der Waals surface area contributed by atoms with Crippen LogP contribution in [0.3, 0.4) is 0 Å². The number of urea groups is 1. The number of nitrogens with zero attached hydrogens (tertiary/aromatic N) is 5. The molecule has 1 saturated carbocycles. The van der Waals surface area contributed by atoms with E-state index < -0.39 is 0 Å². The maximum absolute atomic E-state index is 13.6. The van der Waals surface area contributed by atoms with Crippen LogP contribution in [0.15, 0.2) is 97.6 Å². The summed E-state index contributed by atoms with van der Waals surface area (Å²) in [6, 6.07) is 23.4. The van der Waals surface area contributed by atoms with Crippen molar-refractivity contribution in [1.82, 2.24) is 29.9 Å². The fraction of sp³-hybridized carbons (Fsp3) is 0.226. The molecule has 3 atom stereocenters. The first kappa shape index (κ1) is 25.4. The Hall–Kier alpha value is -4.92. The Balaban J connectivity index is 1.26. The highest BCUT2D eigenvalue weighted by atomic mass is 16.5. The van der Waals surface area contributed by atoms with Gasteiger partial charge >= 0.3 is 6.03 Å². The molecule has 0 unspecified atom stereocenters. The third kappa shape index (κ3) is 5.31. The van der Waals surface area contributed by atoms with Gasteiger partial charge in [-0.3, -0.25) is 15.0 Å². The highest BCUT2D eigenvalue weighted by Gasteiger charge is 2.37. The number of carbonyl (C=O) groups is 1. The Bertz CT molecular complexity index is 1580. The molecular weight excluding hydrogens is 502 g/mol. The van der Waals surface area contributed by atoms with E-state index in [-0.39, 0.29) is 24.1 Å². The van der Waals surface area contributed by atoms with Gasteiger partial charge in [-0.2, -0.15) is 10.2 Å². The number of carbonyl (C=O) groups excluding carboxylic acids is 1. The zero-order chi connectivity index (χ0) is 27.5. The summed E-state index contributed by atoms with van der Waals surface area (Å²) in [6.45, 7) is 1.96. The maximum Gasteiger partial charge on any atom is 0.320 e. The number of rotatable bonds is 7. The van der Waals surface area contributed by atoms with Crippen LogP contribution in [-0.4, -0.2) is 42.7 Å². The number of aromatic nitrogens is 5. The first-order valence-electron chi connectivity index (χ1n) is 13.4. The van der Waals surface area contributed by atoms with E-state index in [1.807, 2.05) is 80.8 Å². The van der Waals surface area contributed by atoms with Gasteiger partial charge in [0.1, 0.15) is 23.4 Å². The van der Waals surface area contributed by atoms with Crippen LogP contribution in [0.4, 0.5) is 10.6 Å². The van der Waals surface area contributed by atoms with Gasteiger partial charge in [0.05, 0.1) is 11.9 Å². The molecule has 2 N–H and O–H groups in total. The maximum atomic E-state index is 13.6. The largest absolute Gasteiger partial charge is 0.490 e. The molecule has 6 rings (SSSR count). The fourth-order valence-corrected chi connectivity index (χ4v) is 5.45. The zero-order valence-corrected chi connectivity index (χ0v) is 22.4. The van der Waals surface area contributed by atoms with E-state index in [1.165, 1.54) is 5.56 Å². The van der Waals surface area contributed by atoms with Gasteiger partial charge in [0.15, 0.2) is 0 Å². The molecule has 202 valence electrons. The Morgan fingerprint density at radius 2 is 1.70 bits per heavy atom. The fourth-order valence-electron chi connectivity index (χ4n) is 5.45. The second kappa shape index (κ2) is 11.1. The summed E-state index contributed by atoms with van der Waals surface area (Å²) in [5.74, 6) is 1.51. The van der Waals surface area contributed by atoms with Gasteiger partial charge in [-0.25, -0.2) is 9.48 Å². The Labute approximate surface area is 232 Å². The van der Waals surface area contributed by atoms with Crippen molar-refractivity contribution in [2.45, 2.75) is 37.8 Å². The lowest BCUT2D eigenvalue weighted by atomic mass is 9.94. The number of benzene rings is 2. The molecule has 0 spiro atoms. The lowest BCUT2D eigenvalue weighted by Crippen LogP contribution is -2.40. The number of aryl methyl sites for hydroxylation is 1. The number of pyridine rings is 1. The molecule has 0 saturated heterocycles. The van der Waals surface area contributed by atoms with Crippen molar-refractivity contribution < 1.29 is 9.53 Å². The molecule has 3 heterocycles. The summed E-state index contributed by atoms with van der Waals surface area (Å²) >= 11 is 0. The van der Waals surface area contributed by atoms with Gasteiger partial charge in [-0.15, -0.1) is 0 Å². The molecule has 0 aliphatic heterocycles. The van der Waals surface area contributed by atoms with Crippen LogP contribution < -0.4 is 15.4 Å². The quantitative estimate of drug-likeness (QED) is 0.288. The number of para-hydroxylation sites is 1. The summed E-state index contributed by atoms with van der Waals surface area (Å²) in [7, 11) is 1.87. The van der Waals surface area contributed by atoms with E-state index in [0.717, 1.165) is 34.7 Å². The summed E-state index contributed by atoms with van der Waals surface area (Å²) in [5, 5.41) is 15.5. The van der Waals surface area contributed by atoms with Crippen LogP contribution in [0.5, 0.6) is 5.75 Å².